The highest BCUT2D eigenvalue weighted by Gasteiger charge is 2.27. The number of benzene rings is 1. The van der Waals surface area contributed by atoms with Gasteiger partial charge in [-0.1, -0.05) is 30.4 Å². The molecule has 0 heterocycles. The zero-order valence-electron chi connectivity index (χ0n) is 10.5. The number of allylic oxidation sites excluding steroid dienone is 3. The predicted molar refractivity (Wildman–Crippen MR) is 68.7 cm³/mol. The van der Waals surface area contributed by atoms with Gasteiger partial charge >= 0.3 is 5.97 Å². The lowest BCUT2D eigenvalue weighted by molar-refractivity contribution is -0.139. The van der Waals surface area contributed by atoms with Crippen molar-refractivity contribution >= 4 is 17.3 Å². The van der Waals surface area contributed by atoms with E-state index in [4.69, 9.17) is 4.74 Å². The van der Waals surface area contributed by atoms with E-state index in [1.165, 1.54) is 18.2 Å². The number of halogens is 1. The van der Waals surface area contributed by atoms with E-state index in [9.17, 15) is 14.0 Å². The van der Waals surface area contributed by atoms with E-state index in [0.717, 1.165) is 0 Å². The molecule has 98 valence electrons. The molecule has 1 aliphatic carbocycles. The number of esters is 1. The van der Waals surface area contributed by atoms with Gasteiger partial charge in [0.05, 0.1) is 6.61 Å². The van der Waals surface area contributed by atoms with Crippen LogP contribution in [-0.2, 0) is 14.3 Å². The molecule has 1 aliphatic rings. The zero-order valence-corrected chi connectivity index (χ0v) is 10.5. The summed E-state index contributed by atoms with van der Waals surface area (Å²) < 4.78 is 18.5. The maximum atomic E-state index is 13.7. The molecule has 1 aromatic carbocycles. The lowest BCUT2D eigenvalue weighted by Gasteiger charge is -2.14. The first-order chi connectivity index (χ1) is 9.15. The first-order valence-electron chi connectivity index (χ1n) is 6.02. The van der Waals surface area contributed by atoms with E-state index in [-0.39, 0.29) is 23.3 Å². The monoisotopic (exact) mass is 260 g/mol. The van der Waals surface area contributed by atoms with Crippen LogP contribution < -0.4 is 0 Å². The van der Waals surface area contributed by atoms with Crippen LogP contribution in [0.2, 0.25) is 0 Å². The first kappa shape index (κ1) is 13.2. The van der Waals surface area contributed by atoms with Gasteiger partial charge in [-0.2, -0.15) is 0 Å². The molecule has 0 unspecified atom stereocenters. The van der Waals surface area contributed by atoms with Gasteiger partial charge in [-0.15, -0.1) is 0 Å². The molecule has 0 fully saturated rings. The molecule has 2 rings (SSSR count). The van der Waals surface area contributed by atoms with Crippen molar-refractivity contribution in [2.24, 2.45) is 0 Å². The molecule has 0 N–H and O–H groups in total. The summed E-state index contributed by atoms with van der Waals surface area (Å²) in [5.74, 6) is -1.63. The van der Waals surface area contributed by atoms with Crippen molar-refractivity contribution in [3.05, 3.63) is 53.4 Å². The van der Waals surface area contributed by atoms with Crippen LogP contribution in [0.4, 0.5) is 4.39 Å². The molecule has 19 heavy (non-hydrogen) atoms. The summed E-state index contributed by atoms with van der Waals surface area (Å²) in [5.41, 5.74) is 0.397. The summed E-state index contributed by atoms with van der Waals surface area (Å²) in [5, 5.41) is 0. The fourth-order valence-corrected chi connectivity index (χ4v) is 1.92. The van der Waals surface area contributed by atoms with Gasteiger partial charge in [-0.25, -0.2) is 9.18 Å². The van der Waals surface area contributed by atoms with Gasteiger partial charge in [0.15, 0.2) is 5.78 Å². The van der Waals surface area contributed by atoms with Crippen molar-refractivity contribution < 1.29 is 18.7 Å². The highest BCUT2D eigenvalue weighted by atomic mass is 19.1. The third kappa shape index (κ3) is 2.62. The summed E-state index contributed by atoms with van der Waals surface area (Å²) in [6.45, 7) is 1.86. The van der Waals surface area contributed by atoms with Crippen LogP contribution in [0.3, 0.4) is 0 Å². The smallest absolute Gasteiger partial charge is 0.341 e. The van der Waals surface area contributed by atoms with E-state index in [1.54, 1.807) is 25.1 Å². The van der Waals surface area contributed by atoms with Crippen molar-refractivity contribution in [2.75, 3.05) is 6.61 Å². The largest absolute Gasteiger partial charge is 0.462 e. The molecule has 0 saturated heterocycles. The van der Waals surface area contributed by atoms with E-state index < -0.39 is 17.6 Å². The van der Waals surface area contributed by atoms with Crippen LogP contribution >= 0.6 is 0 Å². The van der Waals surface area contributed by atoms with Gasteiger partial charge < -0.3 is 4.74 Å². The molecular formula is C15H13FO3. The number of ketones is 1. The minimum Gasteiger partial charge on any atom is -0.462 e. The summed E-state index contributed by atoms with van der Waals surface area (Å²) in [6, 6.07) is 6.00. The van der Waals surface area contributed by atoms with Crippen LogP contribution in [-0.4, -0.2) is 18.4 Å². The average molecular weight is 260 g/mol. The summed E-state index contributed by atoms with van der Waals surface area (Å²) in [7, 11) is 0. The van der Waals surface area contributed by atoms with Crippen molar-refractivity contribution in [3.8, 4) is 0 Å². The Morgan fingerprint density at radius 2 is 2.05 bits per heavy atom. The number of hydrogen-bond acceptors (Lipinski definition) is 3. The maximum Gasteiger partial charge on any atom is 0.341 e. The Labute approximate surface area is 110 Å². The first-order valence-corrected chi connectivity index (χ1v) is 6.02. The van der Waals surface area contributed by atoms with Crippen molar-refractivity contribution in [2.45, 2.75) is 13.3 Å². The number of hydrogen-bond donors (Lipinski definition) is 0. The lowest BCUT2D eigenvalue weighted by Crippen LogP contribution is -2.19. The number of rotatable bonds is 3. The summed E-state index contributed by atoms with van der Waals surface area (Å²) >= 11 is 0. The van der Waals surface area contributed by atoms with Crippen LogP contribution in [0, 0.1) is 5.82 Å². The molecule has 0 spiro atoms. The Kier molecular flexibility index (Phi) is 3.90. The fraction of sp³-hybridized carbons (Fsp3) is 0.200. The van der Waals surface area contributed by atoms with Crippen LogP contribution in [0.5, 0.6) is 0 Å². The third-order valence-electron chi connectivity index (χ3n) is 2.79. The topological polar surface area (TPSA) is 43.4 Å². The Morgan fingerprint density at radius 1 is 1.32 bits per heavy atom. The molecular weight excluding hydrogens is 247 g/mol. The second kappa shape index (κ2) is 5.61. The molecule has 0 atom stereocenters. The van der Waals surface area contributed by atoms with Gasteiger partial charge in [-0.3, -0.25) is 4.79 Å². The number of ether oxygens (including phenoxy) is 1. The van der Waals surface area contributed by atoms with E-state index in [0.29, 0.717) is 6.42 Å². The van der Waals surface area contributed by atoms with Crippen LogP contribution in [0.25, 0.3) is 5.57 Å². The predicted octanol–water partition coefficient (Wildman–Crippen LogP) is 2.67. The van der Waals surface area contributed by atoms with Crippen molar-refractivity contribution in [3.63, 3.8) is 0 Å². The number of carbonyl (C=O) groups excluding carboxylic acids is 2. The molecule has 0 radical (unpaired) electrons. The molecule has 1 aromatic rings. The zero-order chi connectivity index (χ0) is 13.8. The molecule has 0 saturated carbocycles. The van der Waals surface area contributed by atoms with E-state index >= 15 is 0 Å². The van der Waals surface area contributed by atoms with Crippen LogP contribution in [0.1, 0.15) is 18.9 Å². The molecule has 0 amide bonds. The molecule has 3 nitrogen and oxygen atoms in total. The minimum absolute atomic E-state index is 0.0254. The fourth-order valence-electron chi connectivity index (χ4n) is 1.92. The second-order valence-electron chi connectivity index (χ2n) is 4.00. The molecule has 0 aliphatic heterocycles. The Hall–Kier alpha value is -2.23. The highest BCUT2D eigenvalue weighted by Crippen LogP contribution is 2.26. The normalized spacial score (nSPS) is 14.7. The standard InChI is InChI=1S/C15H13FO3/c1-2-19-15(18)12-8-5-7-11(14(12)17)10-6-3-4-9-13(10)16/h3-4,6-9H,2,5H2,1H3. The Balaban J connectivity index is 2.31. The SMILES string of the molecule is CCOC(=O)C1=CCC=C(c2ccccc2F)C1=O. The van der Waals surface area contributed by atoms with Gasteiger partial charge in [0, 0.05) is 11.1 Å². The molecule has 0 bridgehead atoms. The number of Topliss-reactive ketones (excluding diaryl/α,β-unsaturated/α-hetero) is 1. The highest BCUT2D eigenvalue weighted by molar-refractivity contribution is 6.37. The maximum absolute atomic E-state index is 13.7. The molecule has 0 aromatic heterocycles. The van der Waals surface area contributed by atoms with Gasteiger partial charge in [-0.05, 0) is 19.4 Å². The van der Waals surface area contributed by atoms with E-state index in [1.807, 2.05) is 0 Å². The molecule has 4 heteroatoms. The Bertz CT molecular complexity index is 585. The van der Waals surface area contributed by atoms with Gasteiger partial charge in [0.25, 0.3) is 0 Å². The lowest BCUT2D eigenvalue weighted by atomic mass is 9.91. The minimum atomic E-state index is -0.658. The van der Waals surface area contributed by atoms with E-state index in [2.05, 4.69) is 0 Å². The number of carbonyl (C=O) groups is 2. The summed E-state index contributed by atoms with van der Waals surface area (Å²) in [4.78, 5) is 23.8. The van der Waals surface area contributed by atoms with Gasteiger partial charge in [0.2, 0.25) is 0 Å². The van der Waals surface area contributed by atoms with Crippen molar-refractivity contribution in [1.29, 1.82) is 0 Å². The quantitative estimate of drug-likeness (QED) is 0.620. The van der Waals surface area contributed by atoms with Crippen molar-refractivity contribution in [1.82, 2.24) is 0 Å². The van der Waals surface area contributed by atoms with Crippen LogP contribution in [0.15, 0.2) is 42.0 Å². The Morgan fingerprint density at radius 3 is 2.74 bits per heavy atom. The average Bonchev–Trinajstić information content (AvgIpc) is 2.40. The van der Waals surface area contributed by atoms with Gasteiger partial charge in [0.1, 0.15) is 11.4 Å². The second-order valence-corrected chi connectivity index (χ2v) is 4.00. The third-order valence-corrected chi connectivity index (χ3v) is 2.79. The summed E-state index contributed by atoms with van der Waals surface area (Å²) in [6.07, 6.45) is 3.53.